The molecule has 5 rings (SSSR count). The summed E-state index contributed by atoms with van der Waals surface area (Å²) in [4.78, 5) is 27.5. The number of ether oxygens (including phenoxy) is 1. The Morgan fingerprint density at radius 3 is 2.72 bits per heavy atom. The monoisotopic (exact) mass is 401 g/mol. The number of nitrogens with one attached hydrogen (secondary N) is 1. The highest BCUT2D eigenvalue weighted by Gasteiger charge is 2.40. The molecule has 29 heavy (non-hydrogen) atoms. The fraction of sp³-hybridized carbons (Fsp3) is 0.524. The number of fused-ring (bicyclic) bond motifs is 2. The summed E-state index contributed by atoms with van der Waals surface area (Å²) in [6.45, 7) is 2.33. The highest BCUT2D eigenvalue weighted by molar-refractivity contribution is 6.00. The molecule has 3 fully saturated rings. The molecule has 8 heteroatoms. The number of halogens is 1. The summed E-state index contributed by atoms with van der Waals surface area (Å²) in [5.41, 5.74) is -0.431. The van der Waals surface area contributed by atoms with Crippen molar-refractivity contribution in [3.63, 3.8) is 0 Å². The molecule has 1 aliphatic carbocycles. The van der Waals surface area contributed by atoms with Gasteiger partial charge in [-0.1, -0.05) is 0 Å². The highest BCUT2D eigenvalue weighted by atomic mass is 19.1. The van der Waals surface area contributed by atoms with Crippen LogP contribution in [0.3, 0.4) is 0 Å². The van der Waals surface area contributed by atoms with Gasteiger partial charge in [0, 0.05) is 31.2 Å². The number of piperidine rings is 1. The number of nitrogens with zero attached hydrogens (tertiary/aromatic N) is 2. The number of carboxylic acids is 1. The van der Waals surface area contributed by atoms with Gasteiger partial charge in [-0.15, -0.1) is 0 Å². The SMILES string of the molecule is COc1cc(F)cc2c(=O)c(C(=O)O)c(N3C[C@@H]4CCCN[C@@H]4C3)n(C3CC3)c12. The van der Waals surface area contributed by atoms with E-state index in [0.29, 0.717) is 36.4 Å². The molecule has 0 unspecified atom stereocenters. The summed E-state index contributed by atoms with van der Waals surface area (Å²) in [5.74, 6) is -0.754. The average Bonchev–Trinajstić information content (AvgIpc) is 3.44. The highest BCUT2D eigenvalue weighted by Crippen LogP contribution is 2.45. The van der Waals surface area contributed by atoms with Crippen molar-refractivity contribution in [2.24, 2.45) is 5.92 Å². The quantitative estimate of drug-likeness (QED) is 0.819. The number of carbonyl (C=O) groups is 1. The molecule has 3 heterocycles. The van der Waals surface area contributed by atoms with E-state index < -0.39 is 17.2 Å². The Morgan fingerprint density at radius 1 is 1.28 bits per heavy atom. The van der Waals surface area contributed by atoms with E-state index in [1.54, 1.807) is 0 Å². The maximum Gasteiger partial charge on any atom is 0.343 e. The lowest BCUT2D eigenvalue weighted by Gasteiger charge is -2.27. The van der Waals surface area contributed by atoms with Crippen molar-refractivity contribution in [2.45, 2.75) is 37.8 Å². The van der Waals surface area contributed by atoms with E-state index >= 15 is 0 Å². The zero-order chi connectivity index (χ0) is 20.3. The largest absolute Gasteiger partial charge is 0.494 e. The molecule has 0 radical (unpaired) electrons. The Morgan fingerprint density at radius 2 is 2.07 bits per heavy atom. The Hall–Kier alpha value is -2.61. The van der Waals surface area contributed by atoms with Gasteiger partial charge < -0.3 is 24.6 Å². The third-order valence-electron chi connectivity index (χ3n) is 6.45. The predicted octanol–water partition coefficient (Wildman–Crippen LogP) is 2.37. The summed E-state index contributed by atoms with van der Waals surface area (Å²) >= 11 is 0. The fourth-order valence-electron chi connectivity index (χ4n) is 5.03. The number of aromatic carboxylic acids is 1. The molecule has 0 amide bonds. The van der Waals surface area contributed by atoms with Crippen molar-refractivity contribution >= 4 is 22.7 Å². The van der Waals surface area contributed by atoms with Gasteiger partial charge >= 0.3 is 5.97 Å². The molecule has 0 bridgehead atoms. The Bertz CT molecular complexity index is 1050. The van der Waals surface area contributed by atoms with Crippen molar-refractivity contribution in [2.75, 3.05) is 31.6 Å². The lowest BCUT2D eigenvalue weighted by atomic mass is 9.94. The maximum atomic E-state index is 14.2. The van der Waals surface area contributed by atoms with Gasteiger partial charge in [-0.05, 0) is 44.2 Å². The van der Waals surface area contributed by atoms with Crippen molar-refractivity contribution < 1.29 is 19.0 Å². The lowest BCUT2D eigenvalue weighted by molar-refractivity contribution is 0.0695. The van der Waals surface area contributed by atoms with Gasteiger partial charge in [-0.25, -0.2) is 9.18 Å². The molecule has 2 aromatic rings. The van der Waals surface area contributed by atoms with E-state index in [0.717, 1.165) is 38.3 Å². The second-order valence-corrected chi connectivity index (χ2v) is 8.31. The molecule has 3 aliphatic rings. The topological polar surface area (TPSA) is 83.8 Å². The van der Waals surface area contributed by atoms with Gasteiger partial charge in [-0.3, -0.25) is 4.79 Å². The Kier molecular flexibility index (Phi) is 4.27. The second kappa shape index (κ2) is 6.73. The first kappa shape index (κ1) is 18.4. The number of pyridine rings is 1. The van der Waals surface area contributed by atoms with Gasteiger partial charge in [-0.2, -0.15) is 0 Å². The number of methoxy groups -OCH3 is 1. The fourth-order valence-corrected chi connectivity index (χ4v) is 5.03. The van der Waals surface area contributed by atoms with E-state index in [1.807, 2.05) is 9.47 Å². The van der Waals surface area contributed by atoms with Crippen LogP contribution < -0.4 is 20.4 Å². The van der Waals surface area contributed by atoms with Crippen LogP contribution >= 0.6 is 0 Å². The van der Waals surface area contributed by atoms with Crippen molar-refractivity contribution in [1.29, 1.82) is 0 Å². The first-order chi connectivity index (χ1) is 14.0. The second-order valence-electron chi connectivity index (χ2n) is 8.31. The number of hydrogen-bond donors (Lipinski definition) is 2. The molecule has 2 aliphatic heterocycles. The zero-order valence-corrected chi connectivity index (χ0v) is 16.3. The van der Waals surface area contributed by atoms with Crippen molar-refractivity contribution in [1.82, 2.24) is 9.88 Å². The molecular formula is C21H24FN3O4. The third-order valence-corrected chi connectivity index (χ3v) is 6.45. The van der Waals surface area contributed by atoms with E-state index in [2.05, 4.69) is 5.32 Å². The average molecular weight is 401 g/mol. The minimum absolute atomic E-state index is 0.0599. The van der Waals surface area contributed by atoms with E-state index in [4.69, 9.17) is 4.74 Å². The van der Waals surface area contributed by atoms with E-state index in [1.165, 1.54) is 13.2 Å². The summed E-state index contributed by atoms with van der Waals surface area (Å²) in [7, 11) is 1.44. The zero-order valence-electron chi connectivity index (χ0n) is 16.3. The number of carboxylic acid groups (broad SMARTS) is 1. The molecular weight excluding hydrogens is 377 g/mol. The van der Waals surface area contributed by atoms with Gasteiger partial charge in [0.25, 0.3) is 0 Å². The van der Waals surface area contributed by atoms with Gasteiger partial charge in [0.15, 0.2) is 0 Å². The first-order valence-electron chi connectivity index (χ1n) is 10.2. The van der Waals surface area contributed by atoms with Gasteiger partial charge in [0.1, 0.15) is 22.9 Å². The summed E-state index contributed by atoms with van der Waals surface area (Å²) in [5, 5.41) is 13.6. The van der Waals surface area contributed by atoms with Gasteiger partial charge in [0.05, 0.1) is 18.0 Å². The molecule has 2 N–H and O–H groups in total. The minimum atomic E-state index is -1.27. The molecule has 1 aromatic carbocycles. The van der Waals surface area contributed by atoms with Crippen LogP contribution in [0.15, 0.2) is 16.9 Å². The van der Waals surface area contributed by atoms with Crippen LogP contribution in [0.2, 0.25) is 0 Å². The predicted molar refractivity (Wildman–Crippen MR) is 107 cm³/mol. The van der Waals surface area contributed by atoms with Crippen molar-refractivity contribution in [3.8, 4) is 5.75 Å². The van der Waals surface area contributed by atoms with Crippen LogP contribution in [0.25, 0.3) is 10.9 Å². The Labute approximate surface area is 167 Å². The van der Waals surface area contributed by atoms with E-state index in [9.17, 15) is 19.1 Å². The standard InChI is InChI=1S/C21H24FN3O4/c1-29-16-8-12(22)7-14-18(16)25(13-4-5-13)20(17(19(14)26)21(27)28)24-9-11-3-2-6-23-15(11)10-24/h7-8,11,13,15,23H,2-6,9-10H2,1H3,(H,27,28)/t11-,15+/m0/s1. The number of hydrogen-bond acceptors (Lipinski definition) is 5. The van der Waals surface area contributed by atoms with E-state index in [-0.39, 0.29) is 22.7 Å². The Balaban J connectivity index is 1.81. The van der Waals surface area contributed by atoms with Crippen molar-refractivity contribution in [3.05, 3.63) is 33.7 Å². The summed E-state index contributed by atoms with van der Waals surface area (Å²) in [6.07, 6.45) is 3.97. The molecule has 154 valence electrons. The van der Waals surface area contributed by atoms with Crippen LogP contribution in [0.4, 0.5) is 10.2 Å². The number of anilines is 1. The lowest BCUT2D eigenvalue weighted by Crippen LogP contribution is -2.41. The molecule has 0 spiro atoms. The smallest absolute Gasteiger partial charge is 0.343 e. The summed E-state index contributed by atoms with van der Waals surface area (Å²) in [6, 6.07) is 2.76. The van der Waals surface area contributed by atoms with Crippen LogP contribution in [0, 0.1) is 11.7 Å². The van der Waals surface area contributed by atoms with Crippen LogP contribution in [0.1, 0.15) is 42.1 Å². The maximum absolute atomic E-state index is 14.2. The molecule has 2 saturated heterocycles. The van der Waals surface area contributed by atoms with Crippen LogP contribution in [-0.4, -0.2) is 48.4 Å². The van der Waals surface area contributed by atoms with Crippen LogP contribution in [-0.2, 0) is 0 Å². The number of benzene rings is 1. The van der Waals surface area contributed by atoms with Gasteiger partial charge in [0.2, 0.25) is 5.43 Å². The molecule has 1 saturated carbocycles. The molecule has 1 aromatic heterocycles. The third kappa shape index (κ3) is 2.88. The van der Waals surface area contributed by atoms with Crippen LogP contribution in [0.5, 0.6) is 5.75 Å². The first-order valence-corrected chi connectivity index (χ1v) is 10.2. The molecule has 2 atom stereocenters. The number of rotatable bonds is 4. The minimum Gasteiger partial charge on any atom is -0.494 e. The summed E-state index contributed by atoms with van der Waals surface area (Å²) < 4.78 is 21.5. The number of aromatic nitrogens is 1. The molecule has 7 nitrogen and oxygen atoms in total. The normalized spacial score (nSPS) is 24.0.